The van der Waals surface area contributed by atoms with Crippen LogP contribution in [0.5, 0.6) is 0 Å². The van der Waals surface area contributed by atoms with Gasteiger partial charge in [-0.2, -0.15) is 4.98 Å². The number of hydrogen-bond donors (Lipinski definition) is 3. The molecule has 0 unspecified atom stereocenters. The van der Waals surface area contributed by atoms with E-state index in [-0.39, 0.29) is 25.1 Å². The third-order valence-corrected chi connectivity index (χ3v) is 6.00. The summed E-state index contributed by atoms with van der Waals surface area (Å²) in [7, 11) is 0. The van der Waals surface area contributed by atoms with Gasteiger partial charge in [-0.3, -0.25) is 4.79 Å². The van der Waals surface area contributed by atoms with E-state index in [0.29, 0.717) is 34.7 Å². The molecule has 2 aromatic heterocycles. The maximum Gasteiger partial charge on any atom is 0.256 e. The van der Waals surface area contributed by atoms with Gasteiger partial charge in [-0.1, -0.05) is 23.7 Å². The number of aromatic nitrogens is 4. The Morgan fingerprint density at radius 3 is 2.82 bits per heavy atom. The van der Waals surface area contributed by atoms with Crippen molar-refractivity contribution in [1.82, 2.24) is 25.3 Å². The van der Waals surface area contributed by atoms with Crippen molar-refractivity contribution in [2.24, 2.45) is 0 Å². The quantitative estimate of drug-likeness (QED) is 0.463. The summed E-state index contributed by atoms with van der Waals surface area (Å²) in [4.78, 5) is 32.3. The second-order valence-corrected chi connectivity index (χ2v) is 8.30. The van der Waals surface area contributed by atoms with Crippen LogP contribution in [0.4, 0.5) is 11.8 Å². The van der Waals surface area contributed by atoms with E-state index in [1.54, 1.807) is 18.5 Å². The number of aliphatic hydroxyl groups excluding tert-OH is 1. The molecule has 0 radical (unpaired) electrons. The Kier molecular flexibility index (Phi) is 7.31. The van der Waals surface area contributed by atoms with Gasteiger partial charge in [-0.25, -0.2) is 15.0 Å². The van der Waals surface area contributed by atoms with Gasteiger partial charge >= 0.3 is 0 Å². The molecule has 1 atom stereocenters. The Labute approximate surface area is 197 Å². The maximum atomic E-state index is 12.9. The van der Waals surface area contributed by atoms with Gasteiger partial charge in [0.05, 0.1) is 19.2 Å². The van der Waals surface area contributed by atoms with Gasteiger partial charge in [0.15, 0.2) is 0 Å². The molecule has 1 aromatic carbocycles. The predicted octanol–water partition coefficient (Wildman–Crippen LogP) is 2.73. The minimum atomic E-state index is -0.335. The first-order valence-electron chi connectivity index (χ1n) is 10.8. The molecule has 1 fully saturated rings. The average Bonchev–Trinajstić information content (AvgIpc) is 3.33. The molecule has 1 aliphatic heterocycles. The van der Waals surface area contributed by atoms with Crippen LogP contribution < -0.4 is 15.5 Å². The lowest BCUT2D eigenvalue weighted by Gasteiger charge is -2.24. The normalized spacial score (nSPS) is 15.5. The molecule has 1 amide bonds. The van der Waals surface area contributed by atoms with E-state index in [4.69, 9.17) is 11.6 Å². The molecule has 3 N–H and O–H groups in total. The van der Waals surface area contributed by atoms with E-state index in [1.165, 1.54) is 6.20 Å². The molecule has 0 saturated carbocycles. The van der Waals surface area contributed by atoms with Crippen LogP contribution in [-0.4, -0.2) is 50.1 Å². The lowest BCUT2D eigenvalue weighted by atomic mass is 10.1. The number of nitrogens with zero attached hydrogens (tertiary/aromatic N) is 5. The predicted molar refractivity (Wildman–Crippen MR) is 126 cm³/mol. The SMILES string of the molecule is Cc1ccc(CNc2nc(N3CCC[C@H]3CO)ncc2C(=O)NCc2ncccn2)cc1Cl. The number of hydrogen-bond acceptors (Lipinski definition) is 8. The van der Waals surface area contributed by atoms with Crippen molar-refractivity contribution < 1.29 is 9.90 Å². The fourth-order valence-corrected chi connectivity index (χ4v) is 3.91. The number of aryl methyl sites for hydroxylation is 1. The van der Waals surface area contributed by atoms with E-state index >= 15 is 0 Å². The lowest BCUT2D eigenvalue weighted by Crippen LogP contribution is -2.34. The first-order chi connectivity index (χ1) is 16.0. The third kappa shape index (κ3) is 5.55. The highest BCUT2D eigenvalue weighted by atomic mass is 35.5. The Bertz CT molecular complexity index is 1110. The molecule has 0 aliphatic carbocycles. The second-order valence-electron chi connectivity index (χ2n) is 7.89. The van der Waals surface area contributed by atoms with Crippen molar-refractivity contribution in [2.75, 3.05) is 23.4 Å². The van der Waals surface area contributed by atoms with Crippen LogP contribution in [0.15, 0.2) is 42.9 Å². The first-order valence-corrected chi connectivity index (χ1v) is 11.2. The maximum absolute atomic E-state index is 12.9. The number of aliphatic hydroxyl groups is 1. The van der Waals surface area contributed by atoms with Gasteiger partial charge in [-0.05, 0) is 43.0 Å². The average molecular weight is 468 g/mol. The standard InChI is InChI=1S/C23H26ClN7O2/c1-15-5-6-16(10-19(15)24)11-27-21-18(22(33)28-13-20-25-7-3-8-26-20)12-29-23(30-21)31-9-2-4-17(31)14-32/h3,5-8,10,12,17,32H,2,4,9,11,13-14H2,1H3,(H,28,33)(H,27,29,30)/t17-/m0/s1. The minimum absolute atomic E-state index is 0.0244. The molecule has 1 saturated heterocycles. The molecule has 4 rings (SSSR count). The number of rotatable bonds is 8. The van der Waals surface area contributed by atoms with E-state index in [1.807, 2.05) is 30.0 Å². The number of anilines is 2. The van der Waals surface area contributed by atoms with Gasteiger partial charge < -0.3 is 20.6 Å². The summed E-state index contributed by atoms with van der Waals surface area (Å²) in [5.74, 6) is 1.07. The molecule has 1 aliphatic rings. The van der Waals surface area contributed by atoms with Crippen LogP contribution in [0.1, 0.15) is 40.2 Å². The van der Waals surface area contributed by atoms with Crippen LogP contribution >= 0.6 is 11.6 Å². The van der Waals surface area contributed by atoms with Crippen LogP contribution in [0.2, 0.25) is 5.02 Å². The molecule has 10 heteroatoms. The van der Waals surface area contributed by atoms with Crippen LogP contribution in [0.25, 0.3) is 0 Å². The largest absolute Gasteiger partial charge is 0.394 e. The second kappa shape index (κ2) is 10.5. The lowest BCUT2D eigenvalue weighted by molar-refractivity contribution is 0.0950. The Hall–Kier alpha value is -3.30. The summed E-state index contributed by atoms with van der Waals surface area (Å²) < 4.78 is 0. The van der Waals surface area contributed by atoms with Crippen molar-refractivity contribution in [3.8, 4) is 0 Å². The summed E-state index contributed by atoms with van der Waals surface area (Å²) in [6.07, 6.45) is 6.60. The van der Waals surface area contributed by atoms with Crippen LogP contribution in [-0.2, 0) is 13.1 Å². The Morgan fingerprint density at radius 2 is 2.06 bits per heavy atom. The number of benzene rings is 1. The topological polar surface area (TPSA) is 116 Å². The van der Waals surface area contributed by atoms with E-state index in [9.17, 15) is 9.90 Å². The number of nitrogens with one attached hydrogen (secondary N) is 2. The van der Waals surface area contributed by atoms with Crippen LogP contribution in [0, 0.1) is 6.92 Å². The zero-order valence-corrected chi connectivity index (χ0v) is 19.1. The zero-order chi connectivity index (χ0) is 23.2. The number of carbonyl (C=O) groups excluding carboxylic acids is 1. The molecule has 172 valence electrons. The van der Waals surface area contributed by atoms with Crippen LogP contribution in [0.3, 0.4) is 0 Å². The third-order valence-electron chi connectivity index (χ3n) is 5.59. The molecular formula is C23H26ClN7O2. The summed E-state index contributed by atoms with van der Waals surface area (Å²) in [6.45, 7) is 3.36. The number of halogens is 1. The molecule has 3 aromatic rings. The number of carbonyl (C=O) groups is 1. The summed E-state index contributed by atoms with van der Waals surface area (Å²) in [5.41, 5.74) is 2.27. The van der Waals surface area contributed by atoms with Crippen molar-refractivity contribution in [3.05, 3.63) is 70.4 Å². The minimum Gasteiger partial charge on any atom is -0.394 e. The highest BCUT2D eigenvalue weighted by Gasteiger charge is 2.27. The summed E-state index contributed by atoms with van der Waals surface area (Å²) in [6, 6.07) is 7.51. The molecule has 0 bridgehead atoms. The van der Waals surface area contributed by atoms with Crippen molar-refractivity contribution in [2.45, 2.75) is 38.9 Å². The van der Waals surface area contributed by atoms with Crippen molar-refractivity contribution in [1.29, 1.82) is 0 Å². The fourth-order valence-electron chi connectivity index (χ4n) is 3.71. The van der Waals surface area contributed by atoms with Gasteiger partial charge in [0, 0.05) is 36.7 Å². The Balaban J connectivity index is 1.57. The smallest absolute Gasteiger partial charge is 0.256 e. The van der Waals surface area contributed by atoms with Crippen molar-refractivity contribution in [3.63, 3.8) is 0 Å². The fraction of sp³-hybridized carbons (Fsp3) is 0.348. The summed E-state index contributed by atoms with van der Waals surface area (Å²) in [5, 5.41) is 16.5. The van der Waals surface area contributed by atoms with Gasteiger partial charge in [0.2, 0.25) is 5.95 Å². The number of amides is 1. The van der Waals surface area contributed by atoms with Gasteiger partial charge in [-0.15, -0.1) is 0 Å². The Morgan fingerprint density at radius 1 is 1.24 bits per heavy atom. The van der Waals surface area contributed by atoms with E-state index in [0.717, 1.165) is 30.5 Å². The first kappa shape index (κ1) is 22.9. The molecule has 9 nitrogen and oxygen atoms in total. The highest BCUT2D eigenvalue weighted by molar-refractivity contribution is 6.31. The monoisotopic (exact) mass is 467 g/mol. The molecule has 33 heavy (non-hydrogen) atoms. The highest BCUT2D eigenvalue weighted by Crippen LogP contribution is 2.25. The van der Waals surface area contributed by atoms with Crippen molar-refractivity contribution >= 4 is 29.3 Å². The molecule has 0 spiro atoms. The zero-order valence-electron chi connectivity index (χ0n) is 18.3. The van der Waals surface area contributed by atoms with E-state index in [2.05, 4.69) is 30.6 Å². The molecule has 3 heterocycles. The van der Waals surface area contributed by atoms with Gasteiger partial charge in [0.25, 0.3) is 5.91 Å². The van der Waals surface area contributed by atoms with Gasteiger partial charge in [0.1, 0.15) is 17.2 Å². The molecular weight excluding hydrogens is 442 g/mol. The van der Waals surface area contributed by atoms with E-state index < -0.39 is 0 Å². The summed E-state index contributed by atoms with van der Waals surface area (Å²) >= 11 is 6.26.